The summed E-state index contributed by atoms with van der Waals surface area (Å²) in [5.74, 6) is 0.0982. The van der Waals surface area contributed by atoms with Gasteiger partial charge in [0.1, 0.15) is 17.7 Å². The summed E-state index contributed by atoms with van der Waals surface area (Å²) in [5, 5.41) is 0. The zero-order chi connectivity index (χ0) is 22.0. The van der Waals surface area contributed by atoms with Crippen LogP contribution in [0.25, 0.3) is 0 Å². The van der Waals surface area contributed by atoms with Crippen LogP contribution in [0, 0.1) is 5.82 Å². The van der Waals surface area contributed by atoms with E-state index in [4.69, 9.17) is 14.2 Å². The molecule has 1 amide bonds. The van der Waals surface area contributed by atoms with E-state index in [1.54, 1.807) is 18.2 Å². The minimum Gasteiger partial charge on any atom is -0.479 e. The van der Waals surface area contributed by atoms with E-state index in [0.29, 0.717) is 67.5 Å². The summed E-state index contributed by atoms with van der Waals surface area (Å²) in [5.41, 5.74) is 1.22. The first-order chi connectivity index (χ1) is 15.0. The molecule has 7 nitrogen and oxygen atoms in total. The number of aromatic nitrogens is 1. The van der Waals surface area contributed by atoms with Gasteiger partial charge in [-0.1, -0.05) is 0 Å². The van der Waals surface area contributed by atoms with Crippen LogP contribution in [0.2, 0.25) is 0 Å². The molecule has 164 valence electrons. The summed E-state index contributed by atoms with van der Waals surface area (Å²) in [4.78, 5) is 30.5. The van der Waals surface area contributed by atoms with Crippen molar-refractivity contribution in [2.45, 2.75) is 45.3 Å². The van der Waals surface area contributed by atoms with Crippen LogP contribution in [0.4, 0.5) is 10.1 Å². The Morgan fingerprint density at radius 2 is 2.10 bits per heavy atom. The molecule has 1 fully saturated rings. The molecule has 1 aliphatic carbocycles. The molecule has 31 heavy (non-hydrogen) atoms. The number of fused-ring (bicyclic) bond motifs is 1. The second-order valence-electron chi connectivity index (χ2n) is 7.68. The van der Waals surface area contributed by atoms with Crippen LogP contribution in [0.3, 0.4) is 0 Å². The molecule has 0 spiro atoms. The average molecular weight is 428 g/mol. The van der Waals surface area contributed by atoms with E-state index >= 15 is 0 Å². The van der Waals surface area contributed by atoms with Crippen molar-refractivity contribution in [2.24, 2.45) is 0 Å². The van der Waals surface area contributed by atoms with Gasteiger partial charge in [0.15, 0.2) is 11.9 Å². The van der Waals surface area contributed by atoms with Gasteiger partial charge in [0.25, 0.3) is 5.91 Å². The lowest BCUT2D eigenvalue weighted by Gasteiger charge is -2.18. The fourth-order valence-electron chi connectivity index (χ4n) is 3.87. The van der Waals surface area contributed by atoms with Gasteiger partial charge in [-0.2, -0.15) is 0 Å². The highest BCUT2D eigenvalue weighted by Crippen LogP contribution is 2.32. The normalized spacial score (nSPS) is 18.9. The summed E-state index contributed by atoms with van der Waals surface area (Å²) >= 11 is 0. The van der Waals surface area contributed by atoms with Crippen molar-refractivity contribution in [1.29, 1.82) is 0 Å². The number of hydrogen-bond acceptors (Lipinski definition) is 6. The number of ether oxygens (including phenoxy) is 3. The molecule has 2 atom stereocenters. The van der Waals surface area contributed by atoms with Gasteiger partial charge in [-0.25, -0.2) is 9.37 Å². The number of anilines is 1. The lowest BCUT2D eigenvalue weighted by Crippen LogP contribution is -2.32. The number of nitrogens with zero attached hydrogens (tertiary/aromatic N) is 2. The minimum absolute atomic E-state index is 0.0841. The maximum Gasteiger partial charge on any atom is 0.268 e. The van der Waals surface area contributed by atoms with Gasteiger partial charge in [-0.3, -0.25) is 9.59 Å². The predicted octanol–water partition coefficient (Wildman–Crippen LogP) is 3.34. The number of rotatable bonds is 8. The molecule has 1 unspecified atom stereocenters. The largest absolute Gasteiger partial charge is 0.479 e. The van der Waals surface area contributed by atoms with E-state index in [1.165, 1.54) is 17.2 Å². The summed E-state index contributed by atoms with van der Waals surface area (Å²) in [6.45, 7) is 5.29. The van der Waals surface area contributed by atoms with E-state index in [-0.39, 0.29) is 17.8 Å². The fraction of sp³-hybridized carbons (Fsp3) is 0.435. The van der Waals surface area contributed by atoms with Gasteiger partial charge in [0.05, 0.1) is 12.8 Å². The first-order valence-electron chi connectivity index (χ1n) is 10.5. The van der Waals surface area contributed by atoms with Crippen LogP contribution < -0.4 is 14.4 Å². The molecule has 0 saturated carbocycles. The van der Waals surface area contributed by atoms with Gasteiger partial charge >= 0.3 is 0 Å². The van der Waals surface area contributed by atoms with Crippen LogP contribution in [0.1, 0.15) is 42.6 Å². The standard InChI is InChI=1S/C23H25FN2O5/c1-3-29-13-14(2)30-22-7-4-16(12-25-22)31-21-8-9-26(23(21)28)15-10-18-17(19(24)11-15)5-6-20(18)27/h4,7,10-12,14,21H,3,5-6,8-9,13H2,1-2H3/t14?,21-/m1/s1. The third kappa shape index (κ3) is 4.54. The zero-order valence-corrected chi connectivity index (χ0v) is 17.6. The summed E-state index contributed by atoms with van der Waals surface area (Å²) in [6, 6.07) is 6.32. The number of Topliss-reactive ketones (excluding diaryl/α,β-unsaturated/α-hetero) is 1. The molecule has 2 heterocycles. The molecule has 2 aromatic rings. The van der Waals surface area contributed by atoms with Crippen molar-refractivity contribution in [2.75, 3.05) is 24.7 Å². The van der Waals surface area contributed by atoms with Crippen LogP contribution >= 0.6 is 0 Å². The predicted molar refractivity (Wildman–Crippen MR) is 111 cm³/mol. The van der Waals surface area contributed by atoms with Crippen molar-refractivity contribution in [3.05, 3.63) is 47.4 Å². The topological polar surface area (TPSA) is 78.0 Å². The van der Waals surface area contributed by atoms with Crippen LogP contribution in [0.15, 0.2) is 30.5 Å². The second kappa shape index (κ2) is 9.01. The molecule has 1 saturated heterocycles. The summed E-state index contributed by atoms with van der Waals surface area (Å²) in [6.07, 6.45) is 1.85. The molecule has 0 bridgehead atoms. The lowest BCUT2D eigenvalue weighted by atomic mass is 10.1. The molecule has 0 radical (unpaired) electrons. The molecule has 1 aliphatic heterocycles. The minimum atomic E-state index is -0.697. The first-order valence-corrected chi connectivity index (χ1v) is 10.5. The monoisotopic (exact) mass is 428 g/mol. The van der Waals surface area contributed by atoms with Crippen LogP contribution in [-0.2, 0) is 16.0 Å². The van der Waals surface area contributed by atoms with Crippen molar-refractivity contribution in [3.63, 3.8) is 0 Å². The van der Waals surface area contributed by atoms with Crippen molar-refractivity contribution in [3.8, 4) is 11.6 Å². The number of carbonyl (C=O) groups is 2. The second-order valence-corrected chi connectivity index (χ2v) is 7.68. The third-order valence-electron chi connectivity index (χ3n) is 5.42. The van der Waals surface area contributed by atoms with E-state index in [9.17, 15) is 14.0 Å². The highest BCUT2D eigenvalue weighted by atomic mass is 19.1. The van der Waals surface area contributed by atoms with E-state index in [2.05, 4.69) is 4.98 Å². The van der Waals surface area contributed by atoms with E-state index in [1.807, 2.05) is 13.8 Å². The van der Waals surface area contributed by atoms with E-state index in [0.717, 1.165) is 0 Å². The summed E-state index contributed by atoms with van der Waals surface area (Å²) in [7, 11) is 0. The number of carbonyl (C=O) groups excluding carboxylic acids is 2. The Morgan fingerprint density at radius 1 is 1.26 bits per heavy atom. The molecule has 1 aromatic carbocycles. The van der Waals surface area contributed by atoms with Gasteiger partial charge in [0.2, 0.25) is 5.88 Å². The van der Waals surface area contributed by atoms with E-state index < -0.39 is 11.9 Å². The SMILES string of the molecule is CCOCC(C)Oc1ccc(O[C@@H]2CCN(c3cc(F)c4c(c3)C(=O)CC4)C2=O)cn1. The maximum absolute atomic E-state index is 14.4. The maximum atomic E-state index is 14.4. The Hall–Kier alpha value is -3.00. The quantitative estimate of drug-likeness (QED) is 0.642. The highest BCUT2D eigenvalue weighted by molar-refractivity contribution is 6.04. The average Bonchev–Trinajstić information content (AvgIpc) is 3.31. The highest BCUT2D eigenvalue weighted by Gasteiger charge is 2.36. The fourth-order valence-corrected chi connectivity index (χ4v) is 3.87. The number of amides is 1. The molecule has 8 heteroatoms. The Morgan fingerprint density at radius 3 is 2.84 bits per heavy atom. The van der Waals surface area contributed by atoms with Gasteiger partial charge < -0.3 is 19.1 Å². The first kappa shape index (κ1) is 21.2. The van der Waals surface area contributed by atoms with Crippen molar-refractivity contribution < 1.29 is 28.2 Å². The molecular formula is C23H25FN2O5. The number of halogens is 1. The summed E-state index contributed by atoms with van der Waals surface area (Å²) < 4.78 is 31.2. The number of hydrogen-bond donors (Lipinski definition) is 0. The number of benzene rings is 1. The molecule has 4 rings (SSSR count). The van der Waals surface area contributed by atoms with Crippen LogP contribution in [0.5, 0.6) is 11.6 Å². The molecule has 2 aliphatic rings. The van der Waals surface area contributed by atoms with Gasteiger partial charge in [-0.05, 0) is 44.0 Å². The zero-order valence-electron chi connectivity index (χ0n) is 17.6. The number of pyridine rings is 1. The van der Waals surface area contributed by atoms with Gasteiger partial charge in [0, 0.05) is 43.3 Å². The van der Waals surface area contributed by atoms with Crippen molar-refractivity contribution >= 4 is 17.4 Å². The molecular weight excluding hydrogens is 403 g/mol. The van der Waals surface area contributed by atoms with Crippen molar-refractivity contribution in [1.82, 2.24) is 4.98 Å². The Balaban J connectivity index is 1.39. The molecule has 1 aromatic heterocycles. The third-order valence-corrected chi connectivity index (χ3v) is 5.42. The molecule has 0 N–H and O–H groups in total. The smallest absolute Gasteiger partial charge is 0.268 e. The Bertz CT molecular complexity index is 979. The van der Waals surface area contributed by atoms with Gasteiger partial charge in [-0.15, -0.1) is 0 Å². The van der Waals surface area contributed by atoms with Crippen LogP contribution in [-0.4, -0.2) is 48.6 Å². The Labute approximate surface area is 180 Å². The Kier molecular flexibility index (Phi) is 6.18. The number of ketones is 1. The lowest BCUT2D eigenvalue weighted by molar-refractivity contribution is -0.122.